The molecule has 1 heterocycles. The summed E-state index contributed by atoms with van der Waals surface area (Å²) in [7, 11) is 0. The van der Waals surface area contributed by atoms with E-state index in [1.54, 1.807) is 11.8 Å². The second kappa shape index (κ2) is 7.41. The van der Waals surface area contributed by atoms with Gasteiger partial charge in [0.25, 0.3) is 5.27 Å². The van der Waals surface area contributed by atoms with Crippen LogP contribution in [0.3, 0.4) is 0 Å². The van der Waals surface area contributed by atoms with Gasteiger partial charge in [0.2, 0.25) is 0 Å². The number of hydrogen-bond acceptors (Lipinski definition) is 3. The summed E-state index contributed by atoms with van der Waals surface area (Å²) in [4.78, 5) is 0. The first-order chi connectivity index (χ1) is 6.02. The molecule has 78 valence electrons. The van der Waals surface area contributed by atoms with Crippen LogP contribution >= 0.6 is 35.0 Å². The first-order valence-corrected chi connectivity index (χ1v) is 8.38. The van der Waals surface area contributed by atoms with Crippen LogP contribution in [0.5, 0.6) is 0 Å². The van der Waals surface area contributed by atoms with E-state index in [1.165, 1.54) is 17.9 Å². The zero-order valence-corrected chi connectivity index (χ0v) is 11.9. The number of thioether (sulfide) groups is 1. The van der Waals surface area contributed by atoms with Gasteiger partial charge in [-0.25, -0.2) is 0 Å². The molecule has 0 nitrogen and oxygen atoms in total. The summed E-state index contributed by atoms with van der Waals surface area (Å²) in [6.07, 6.45) is 5.49. The van der Waals surface area contributed by atoms with E-state index in [0.717, 1.165) is 5.27 Å². The minimum Gasteiger partial charge on any atom is -0.195 e. The minimum absolute atomic E-state index is 0.496. The molecule has 0 amide bonds. The van der Waals surface area contributed by atoms with Crippen molar-refractivity contribution in [2.75, 3.05) is 24.0 Å². The van der Waals surface area contributed by atoms with Gasteiger partial charge in [0.1, 0.15) is 0 Å². The Morgan fingerprint density at radius 1 is 1.08 bits per heavy atom. The lowest BCUT2D eigenvalue weighted by atomic mass is 9.71. The van der Waals surface area contributed by atoms with E-state index < -0.39 is 0 Å². The van der Waals surface area contributed by atoms with Gasteiger partial charge in [-0.15, -0.1) is 0 Å². The maximum absolute atomic E-state index is 2.34. The van der Waals surface area contributed by atoms with Crippen molar-refractivity contribution in [1.29, 1.82) is 0 Å². The van der Waals surface area contributed by atoms with Crippen LogP contribution in [0.15, 0.2) is 0 Å². The monoisotopic (exact) mass is 236 g/mol. The van der Waals surface area contributed by atoms with E-state index in [9.17, 15) is 0 Å². The van der Waals surface area contributed by atoms with Gasteiger partial charge in [-0.3, -0.25) is 0 Å². The van der Waals surface area contributed by atoms with Gasteiger partial charge < -0.3 is 0 Å². The Morgan fingerprint density at radius 3 is 1.69 bits per heavy atom. The van der Waals surface area contributed by atoms with Crippen LogP contribution in [0, 0.1) is 0 Å². The predicted octanol–water partition coefficient (Wildman–Crippen LogP) is 4.12. The molecule has 0 bridgehead atoms. The highest BCUT2D eigenvalue weighted by Crippen LogP contribution is 2.42. The molecule has 0 saturated carbocycles. The molecule has 1 rings (SSSR count). The smallest absolute Gasteiger partial charge is 0.195 e. The zero-order valence-electron chi connectivity index (χ0n) is 9.42. The second-order valence-electron chi connectivity index (χ2n) is 4.20. The molecular weight excluding hydrogens is 215 g/mol. The third kappa shape index (κ3) is 7.09. The molecule has 4 heteroatoms. The van der Waals surface area contributed by atoms with Crippen molar-refractivity contribution in [2.24, 2.45) is 0 Å². The van der Waals surface area contributed by atoms with Crippen molar-refractivity contribution >= 4 is 40.3 Å². The van der Waals surface area contributed by atoms with E-state index in [-0.39, 0.29) is 0 Å². The molecule has 0 aromatic rings. The van der Waals surface area contributed by atoms with Gasteiger partial charge in [-0.05, 0) is 35.8 Å². The van der Waals surface area contributed by atoms with Crippen molar-refractivity contribution in [2.45, 2.75) is 32.5 Å². The Labute approximate surface area is 96.6 Å². The fourth-order valence-corrected chi connectivity index (χ4v) is 4.18. The summed E-state index contributed by atoms with van der Waals surface area (Å²) in [5.74, 6) is 2.74. The molecule has 0 aromatic heterocycles. The van der Waals surface area contributed by atoms with E-state index in [2.05, 4.69) is 44.0 Å². The lowest BCUT2D eigenvalue weighted by molar-refractivity contribution is 0.760. The zero-order chi connectivity index (χ0) is 10.3. The molecule has 1 saturated heterocycles. The molecule has 0 aliphatic carbocycles. The molecule has 1 fully saturated rings. The van der Waals surface area contributed by atoms with Crippen molar-refractivity contribution in [1.82, 2.24) is 0 Å². The number of rotatable bonds is 0. The third-order valence-electron chi connectivity index (χ3n) is 1.53. The van der Waals surface area contributed by atoms with Crippen LogP contribution in [0.4, 0.5) is 0 Å². The van der Waals surface area contributed by atoms with E-state index >= 15 is 0 Å². The van der Waals surface area contributed by atoms with Gasteiger partial charge in [-0.2, -0.15) is 35.0 Å². The normalized spacial score (nSPS) is 17.8. The molecule has 0 unspecified atom stereocenters. The average molecular weight is 236 g/mol. The van der Waals surface area contributed by atoms with Gasteiger partial charge >= 0.3 is 0 Å². The average Bonchev–Trinajstić information content (AvgIpc) is 2.06. The molecule has 1 aliphatic heterocycles. The van der Waals surface area contributed by atoms with Crippen molar-refractivity contribution in [3.8, 4) is 0 Å². The summed E-state index contributed by atoms with van der Waals surface area (Å²) in [6.45, 7) is 7.01. The second-order valence-corrected chi connectivity index (χ2v) is 7.74. The van der Waals surface area contributed by atoms with Crippen molar-refractivity contribution < 1.29 is 0 Å². The maximum Gasteiger partial charge on any atom is 0.279 e. The van der Waals surface area contributed by atoms with Crippen molar-refractivity contribution in [3.63, 3.8) is 0 Å². The molecule has 13 heavy (non-hydrogen) atoms. The van der Waals surface area contributed by atoms with Gasteiger partial charge in [0.15, 0.2) is 0 Å². The van der Waals surface area contributed by atoms with Gasteiger partial charge in [-0.1, -0.05) is 20.8 Å². The Balaban J connectivity index is 0.000000424. The fourth-order valence-electron chi connectivity index (χ4n) is 0.988. The van der Waals surface area contributed by atoms with Crippen LogP contribution < -0.4 is 0 Å². The van der Waals surface area contributed by atoms with Crippen LogP contribution in [0.1, 0.15) is 27.2 Å². The Kier molecular flexibility index (Phi) is 8.05. The Morgan fingerprint density at radius 2 is 1.46 bits per heavy atom. The molecule has 0 radical (unpaired) electrons. The SMILES string of the molecule is CC(C)(C)B1SCCCS1.CSC. The van der Waals surface area contributed by atoms with Crippen LogP contribution in [-0.4, -0.2) is 29.3 Å². The molecule has 0 spiro atoms. The fraction of sp³-hybridized carbons (Fsp3) is 1.00. The standard InChI is InChI=1S/C7H15BS2.C2H6S/c1-7(2,3)8-9-5-4-6-10-8;1-3-2/h4-6H2,1-3H3;1-2H3. The lowest BCUT2D eigenvalue weighted by Gasteiger charge is -2.29. The Hall–Kier alpha value is 1.11. The first-order valence-electron chi connectivity index (χ1n) is 4.65. The molecule has 0 atom stereocenters. The largest absolute Gasteiger partial charge is 0.279 e. The quantitative estimate of drug-likeness (QED) is 0.580. The summed E-state index contributed by atoms with van der Waals surface area (Å²) >= 11 is 6.02. The Bertz CT molecular complexity index is 117. The van der Waals surface area contributed by atoms with E-state index in [4.69, 9.17) is 0 Å². The summed E-state index contributed by atoms with van der Waals surface area (Å²) in [6, 6.07) is 0. The van der Waals surface area contributed by atoms with Gasteiger partial charge in [0, 0.05) is 0 Å². The van der Waals surface area contributed by atoms with E-state index in [0.29, 0.717) is 5.31 Å². The molecule has 0 N–H and O–H groups in total. The van der Waals surface area contributed by atoms with E-state index in [1.807, 2.05) is 12.5 Å². The number of hydrogen-bond donors (Lipinski definition) is 0. The molecule has 1 aliphatic rings. The molecular formula is C9H21BS3. The third-order valence-corrected chi connectivity index (χ3v) is 5.42. The van der Waals surface area contributed by atoms with Crippen molar-refractivity contribution in [3.05, 3.63) is 0 Å². The van der Waals surface area contributed by atoms with Crippen LogP contribution in [-0.2, 0) is 0 Å². The minimum atomic E-state index is 0.496. The topological polar surface area (TPSA) is 0 Å². The van der Waals surface area contributed by atoms with Crippen LogP contribution in [0.2, 0.25) is 5.31 Å². The lowest BCUT2D eigenvalue weighted by Crippen LogP contribution is -2.22. The summed E-state index contributed by atoms with van der Waals surface area (Å²) < 4.78 is 0. The maximum atomic E-state index is 2.34. The first kappa shape index (κ1) is 14.1. The van der Waals surface area contributed by atoms with Crippen LogP contribution in [0.25, 0.3) is 0 Å². The highest BCUT2D eigenvalue weighted by atomic mass is 32.2. The highest BCUT2D eigenvalue weighted by Gasteiger charge is 2.31. The summed E-state index contributed by atoms with van der Waals surface area (Å²) in [5.41, 5.74) is 0. The van der Waals surface area contributed by atoms with Gasteiger partial charge in [0.05, 0.1) is 0 Å². The summed E-state index contributed by atoms with van der Waals surface area (Å²) in [5, 5.41) is 1.33. The molecule has 0 aromatic carbocycles. The predicted molar refractivity (Wildman–Crippen MR) is 74.4 cm³/mol. The highest BCUT2D eigenvalue weighted by molar-refractivity contribution is 8.54.